The number of hydrogen-bond acceptors (Lipinski definition) is 1. The van der Waals surface area contributed by atoms with E-state index in [0.717, 1.165) is 0 Å². The number of rotatable bonds is 2. The average Bonchev–Trinajstić information content (AvgIpc) is 2.21. The molecule has 0 aromatic heterocycles. The van der Waals surface area contributed by atoms with E-state index >= 15 is 0 Å². The lowest BCUT2D eigenvalue weighted by atomic mass is 9.84. The molecule has 0 saturated carbocycles. The van der Waals surface area contributed by atoms with Crippen LogP contribution in [-0.4, -0.2) is 17.3 Å². The van der Waals surface area contributed by atoms with Crippen molar-refractivity contribution in [2.75, 3.05) is 7.05 Å². The number of amides is 1. The topological polar surface area (TPSA) is 20.3 Å². The summed E-state index contributed by atoms with van der Waals surface area (Å²) in [5, 5.41) is -0.423. The Hall–Kier alpha value is -1.02. The lowest BCUT2D eigenvalue weighted by Gasteiger charge is -2.24. The Morgan fingerprint density at radius 3 is 2.00 bits per heavy atom. The fourth-order valence-electron chi connectivity index (χ4n) is 1.98. The molecule has 1 rings (SSSR count). The molecule has 0 N–H and O–H groups in total. The second-order valence-corrected chi connectivity index (χ2v) is 6.27. The van der Waals surface area contributed by atoms with E-state index in [0.29, 0.717) is 6.54 Å². The Bertz CT molecular complexity index is 437. The van der Waals surface area contributed by atoms with Gasteiger partial charge in [0.1, 0.15) is 0 Å². The Balaban J connectivity index is 3.13. The van der Waals surface area contributed by atoms with Crippen molar-refractivity contribution >= 4 is 17.0 Å². The van der Waals surface area contributed by atoms with Gasteiger partial charge >= 0.3 is 5.37 Å². The van der Waals surface area contributed by atoms with Gasteiger partial charge in [0.25, 0.3) is 0 Å². The number of nitrogens with zero attached hydrogens (tertiary/aromatic N) is 1. The standard InChI is InChI=1S/C15H22ClNO/c1-10-7-12(15(3,4)5)8-11(2)13(10)9-17(6)14(16)18/h7-8H,9H2,1-6H3. The molecule has 0 aliphatic carbocycles. The summed E-state index contributed by atoms with van der Waals surface area (Å²) >= 11 is 5.47. The van der Waals surface area contributed by atoms with Crippen LogP contribution in [0, 0.1) is 13.8 Å². The second kappa shape index (κ2) is 5.31. The largest absolute Gasteiger partial charge is 0.328 e. The third-order valence-electron chi connectivity index (χ3n) is 3.26. The summed E-state index contributed by atoms with van der Waals surface area (Å²) in [6.07, 6.45) is 0. The summed E-state index contributed by atoms with van der Waals surface area (Å²) in [5.41, 5.74) is 5.07. The quantitative estimate of drug-likeness (QED) is 0.575. The van der Waals surface area contributed by atoms with Gasteiger partial charge in [0.15, 0.2) is 0 Å². The summed E-state index contributed by atoms with van der Waals surface area (Å²) in [6.45, 7) is 11.3. The predicted molar refractivity (Wildman–Crippen MR) is 77.3 cm³/mol. The van der Waals surface area contributed by atoms with Gasteiger partial charge in [0, 0.05) is 13.6 Å². The van der Waals surface area contributed by atoms with Crippen LogP contribution >= 0.6 is 11.6 Å². The highest BCUT2D eigenvalue weighted by atomic mass is 35.5. The van der Waals surface area contributed by atoms with Gasteiger partial charge in [-0.2, -0.15) is 0 Å². The van der Waals surface area contributed by atoms with Gasteiger partial charge in [-0.1, -0.05) is 32.9 Å². The van der Waals surface area contributed by atoms with Crippen LogP contribution in [0.2, 0.25) is 0 Å². The van der Waals surface area contributed by atoms with Crippen LogP contribution in [0.15, 0.2) is 12.1 Å². The zero-order valence-electron chi connectivity index (χ0n) is 12.1. The average molecular weight is 268 g/mol. The molecule has 18 heavy (non-hydrogen) atoms. The third kappa shape index (κ3) is 3.49. The number of benzene rings is 1. The van der Waals surface area contributed by atoms with E-state index in [4.69, 9.17) is 11.6 Å². The molecular weight excluding hydrogens is 246 g/mol. The minimum absolute atomic E-state index is 0.141. The SMILES string of the molecule is Cc1cc(C(C)(C)C)cc(C)c1CN(C)C(=O)Cl. The smallest absolute Gasteiger partial charge is 0.316 e. The Morgan fingerprint density at radius 2 is 1.67 bits per heavy atom. The van der Waals surface area contributed by atoms with Gasteiger partial charge < -0.3 is 4.90 Å². The molecule has 1 aromatic carbocycles. The molecule has 0 bridgehead atoms. The Labute approximate surface area is 115 Å². The van der Waals surface area contributed by atoms with Crippen molar-refractivity contribution in [3.8, 4) is 0 Å². The highest BCUT2D eigenvalue weighted by Crippen LogP contribution is 2.27. The molecule has 1 amide bonds. The predicted octanol–water partition coefficient (Wildman–Crippen LogP) is 4.39. The first-order valence-electron chi connectivity index (χ1n) is 6.14. The number of hydrogen-bond donors (Lipinski definition) is 0. The second-order valence-electron chi connectivity index (χ2n) is 5.95. The highest BCUT2D eigenvalue weighted by Gasteiger charge is 2.17. The van der Waals surface area contributed by atoms with Gasteiger partial charge in [0.05, 0.1) is 0 Å². The molecule has 1 aromatic rings. The van der Waals surface area contributed by atoms with E-state index in [-0.39, 0.29) is 5.41 Å². The zero-order chi connectivity index (χ0) is 14.1. The number of carbonyl (C=O) groups is 1. The number of carbonyl (C=O) groups excluding carboxylic acids is 1. The fourth-order valence-corrected chi connectivity index (χ4v) is 2.03. The van der Waals surface area contributed by atoms with Gasteiger partial charge in [-0.3, -0.25) is 4.79 Å². The van der Waals surface area contributed by atoms with Crippen molar-refractivity contribution in [2.24, 2.45) is 0 Å². The molecule has 0 atom stereocenters. The minimum atomic E-state index is -0.423. The Kier molecular flexibility index (Phi) is 4.44. The summed E-state index contributed by atoms with van der Waals surface area (Å²) in [4.78, 5) is 12.6. The van der Waals surface area contributed by atoms with Crippen LogP contribution in [0.5, 0.6) is 0 Å². The van der Waals surface area contributed by atoms with E-state index < -0.39 is 5.37 Å². The maximum Gasteiger partial charge on any atom is 0.316 e. The van der Waals surface area contributed by atoms with E-state index in [1.807, 2.05) is 0 Å². The molecule has 100 valence electrons. The molecule has 2 nitrogen and oxygen atoms in total. The first-order chi connectivity index (χ1) is 8.12. The minimum Gasteiger partial charge on any atom is -0.328 e. The van der Waals surface area contributed by atoms with Crippen LogP contribution in [-0.2, 0) is 12.0 Å². The van der Waals surface area contributed by atoms with Crippen LogP contribution in [0.3, 0.4) is 0 Å². The molecule has 3 heteroatoms. The number of halogens is 1. The summed E-state index contributed by atoms with van der Waals surface area (Å²) in [5.74, 6) is 0. The van der Waals surface area contributed by atoms with Gasteiger partial charge in [-0.05, 0) is 53.1 Å². The molecule has 0 radical (unpaired) electrons. The monoisotopic (exact) mass is 267 g/mol. The highest BCUT2D eigenvalue weighted by molar-refractivity contribution is 6.62. The third-order valence-corrected chi connectivity index (χ3v) is 3.55. The first kappa shape index (κ1) is 15.0. The van der Waals surface area contributed by atoms with Crippen LogP contribution in [0.4, 0.5) is 4.79 Å². The maximum atomic E-state index is 11.1. The molecule has 0 fully saturated rings. The van der Waals surface area contributed by atoms with Gasteiger partial charge in [-0.25, -0.2) is 0 Å². The summed E-state index contributed by atoms with van der Waals surface area (Å²) in [7, 11) is 1.71. The number of aryl methyl sites for hydroxylation is 2. The molecule has 0 unspecified atom stereocenters. The Morgan fingerprint density at radius 1 is 1.22 bits per heavy atom. The van der Waals surface area contributed by atoms with Crippen LogP contribution in [0.25, 0.3) is 0 Å². The van der Waals surface area contributed by atoms with Crippen molar-refractivity contribution < 1.29 is 4.79 Å². The van der Waals surface area contributed by atoms with Crippen LogP contribution in [0.1, 0.15) is 43.0 Å². The fraction of sp³-hybridized carbons (Fsp3) is 0.533. The normalized spacial score (nSPS) is 11.5. The van der Waals surface area contributed by atoms with Crippen molar-refractivity contribution in [1.29, 1.82) is 0 Å². The zero-order valence-corrected chi connectivity index (χ0v) is 12.9. The van der Waals surface area contributed by atoms with Gasteiger partial charge in [-0.15, -0.1) is 0 Å². The molecular formula is C15H22ClNO. The summed E-state index contributed by atoms with van der Waals surface area (Å²) in [6, 6.07) is 4.41. The van der Waals surface area contributed by atoms with E-state index in [2.05, 4.69) is 46.8 Å². The molecule has 0 aliphatic rings. The van der Waals surface area contributed by atoms with E-state index in [1.54, 1.807) is 7.05 Å². The first-order valence-corrected chi connectivity index (χ1v) is 6.52. The summed E-state index contributed by atoms with van der Waals surface area (Å²) < 4.78 is 0. The van der Waals surface area contributed by atoms with Crippen molar-refractivity contribution in [1.82, 2.24) is 4.90 Å². The van der Waals surface area contributed by atoms with E-state index in [1.165, 1.54) is 27.2 Å². The van der Waals surface area contributed by atoms with Crippen molar-refractivity contribution in [3.63, 3.8) is 0 Å². The lowest BCUT2D eigenvalue weighted by Crippen LogP contribution is -2.22. The molecule has 0 heterocycles. The lowest BCUT2D eigenvalue weighted by molar-refractivity contribution is 0.230. The van der Waals surface area contributed by atoms with Crippen molar-refractivity contribution in [2.45, 2.75) is 46.6 Å². The van der Waals surface area contributed by atoms with Crippen LogP contribution < -0.4 is 0 Å². The van der Waals surface area contributed by atoms with Gasteiger partial charge in [0.2, 0.25) is 0 Å². The van der Waals surface area contributed by atoms with E-state index in [9.17, 15) is 4.79 Å². The molecule has 0 aliphatic heterocycles. The molecule has 0 spiro atoms. The van der Waals surface area contributed by atoms with Crippen molar-refractivity contribution in [3.05, 3.63) is 34.4 Å². The molecule has 0 saturated heterocycles. The maximum absolute atomic E-state index is 11.1.